The van der Waals surface area contributed by atoms with Gasteiger partial charge in [-0.05, 0) is 35.9 Å². The molecular weight excluding hydrogens is 464 g/mol. The molecule has 0 bridgehead atoms. The Labute approximate surface area is 191 Å². The van der Waals surface area contributed by atoms with Gasteiger partial charge in [0.2, 0.25) is 0 Å². The van der Waals surface area contributed by atoms with Crippen LogP contribution in [-0.2, 0) is 11.2 Å². The number of hydrogen-bond donors (Lipinski definition) is 1. The molecular formula is C22H13Cl3FN3O2. The molecule has 0 atom stereocenters. The lowest BCUT2D eigenvalue weighted by atomic mass is 10.1. The molecule has 0 radical (unpaired) electrons. The standard InChI is InChI=1S/C22H13Cl3FN3O2/c23-13-5-6-29-15(7-12-1-3-14(26)4-2-12)9-16(19(29)8-13)21(30)22(31)28-20-17(24)10-27-11-18(20)25/h1-6,8-11H,7H2,(H,27,28,31). The summed E-state index contributed by atoms with van der Waals surface area (Å²) in [4.78, 5) is 29.5. The van der Waals surface area contributed by atoms with E-state index in [9.17, 15) is 14.0 Å². The van der Waals surface area contributed by atoms with Gasteiger partial charge < -0.3 is 9.72 Å². The summed E-state index contributed by atoms with van der Waals surface area (Å²) in [6.07, 6.45) is 4.74. The monoisotopic (exact) mass is 475 g/mol. The van der Waals surface area contributed by atoms with Crippen molar-refractivity contribution in [3.05, 3.63) is 98.8 Å². The molecule has 1 aromatic carbocycles. The summed E-state index contributed by atoms with van der Waals surface area (Å²) in [6, 6.07) is 10.9. The van der Waals surface area contributed by atoms with Crippen LogP contribution in [0.4, 0.5) is 10.1 Å². The topological polar surface area (TPSA) is 63.5 Å². The SMILES string of the molecule is O=C(Nc1c(Cl)cncc1Cl)C(=O)c1cc(Cc2ccc(F)cc2)n2ccc(Cl)cc12. The average molecular weight is 477 g/mol. The second kappa shape index (κ2) is 8.67. The normalized spacial score (nSPS) is 11.0. The molecule has 3 heterocycles. The largest absolute Gasteiger partial charge is 0.320 e. The molecule has 31 heavy (non-hydrogen) atoms. The second-order valence-electron chi connectivity index (χ2n) is 6.71. The van der Waals surface area contributed by atoms with Crippen molar-refractivity contribution in [2.45, 2.75) is 6.42 Å². The summed E-state index contributed by atoms with van der Waals surface area (Å²) >= 11 is 18.2. The number of nitrogens with one attached hydrogen (secondary N) is 1. The molecule has 0 unspecified atom stereocenters. The number of rotatable bonds is 5. The first-order chi connectivity index (χ1) is 14.8. The number of amides is 1. The van der Waals surface area contributed by atoms with Crippen LogP contribution in [0.2, 0.25) is 15.1 Å². The number of hydrogen-bond acceptors (Lipinski definition) is 3. The van der Waals surface area contributed by atoms with E-state index in [1.165, 1.54) is 24.5 Å². The maximum absolute atomic E-state index is 13.2. The van der Waals surface area contributed by atoms with E-state index in [2.05, 4.69) is 10.3 Å². The van der Waals surface area contributed by atoms with Gasteiger partial charge in [-0.15, -0.1) is 0 Å². The van der Waals surface area contributed by atoms with Gasteiger partial charge in [-0.25, -0.2) is 4.39 Å². The molecule has 156 valence electrons. The summed E-state index contributed by atoms with van der Waals surface area (Å²) in [5.74, 6) is -2.03. The minimum absolute atomic E-state index is 0.102. The highest BCUT2D eigenvalue weighted by atomic mass is 35.5. The third-order valence-corrected chi connectivity index (χ3v) is 5.46. The van der Waals surface area contributed by atoms with Gasteiger partial charge in [0.15, 0.2) is 0 Å². The van der Waals surface area contributed by atoms with Crippen molar-refractivity contribution < 1.29 is 14.0 Å². The predicted octanol–water partition coefficient (Wildman–Crippen LogP) is 5.85. The Morgan fingerprint density at radius 2 is 1.68 bits per heavy atom. The fourth-order valence-corrected chi connectivity index (χ4v) is 3.81. The number of halogens is 4. The van der Waals surface area contributed by atoms with Gasteiger partial charge in [0, 0.05) is 35.7 Å². The van der Waals surface area contributed by atoms with Crippen molar-refractivity contribution in [3.63, 3.8) is 0 Å². The zero-order valence-electron chi connectivity index (χ0n) is 15.7. The van der Waals surface area contributed by atoms with Crippen LogP contribution in [-0.4, -0.2) is 21.1 Å². The van der Waals surface area contributed by atoms with Crippen molar-refractivity contribution in [1.29, 1.82) is 0 Å². The minimum atomic E-state index is -0.907. The molecule has 4 rings (SSSR count). The molecule has 1 amide bonds. The Morgan fingerprint density at radius 3 is 2.35 bits per heavy atom. The average Bonchev–Trinajstić information content (AvgIpc) is 3.09. The molecule has 4 aromatic rings. The third kappa shape index (κ3) is 4.42. The Hall–Kier alpha value is -2.93. The Kier molecular flexibility index (Phi) is 5.96. The van der Waals surface area contributed by atoms with Crippen molar-refractivity contribution in [2.24, 2.45) is 0 Å². The lowest BCUT2D eigenvalue weighted by molar-refractivity contribution is -0.112. The zero-order valence-corrected chi connectivity index (χ0v) is 18.0. The summed E-state index contributed by atoms with van der Waals surface area (Å²) < 4.78 is 15.0. The lowest BCUT2D eigenvalue weighted by Crippen LogP contribution is -2.23. The Morgan fingerprint density at radius 1 is 1.00 bits per heavy atom. The van der Waals surface area contributed by atoms with Gasteiger partial charge in [0.25, 0.3) is 11.7 Å². The summed E-state index contributed by atoms with van der Waals surface area (Å²) in [6.45, 7) is 0. The van der Waals surface area contributed by atoms with Crippen LogP contribution >= 0.6 is 34.8 Å². The number of carbonyl (C=O) groups is 2. The smallest absolute Gasteiger partial charge is 0.296 e. The highest BCUT2D eigenvalue weighted by molar-refractivity contribution is 6.49. The van der Waals surface area contributed by atoms with Crippen LogP contribution in [0.3, 0.4) is 0 Å². The number of Topliss-reactive ketones (excluding diaryl/α,β-unsaturated/α-hetero) is 1. The predicted molar refractivity (Wildman–Crippen MR) is 119 cm³/mol. The maximum atomic E-state index is 13.2. The number of pyridine rings is 2. The van der Waals surface area contributed by atoms with Gasteiger partial charge in [-0.3, -0.25) is 14.6 Å². The summed E-state index contributed by atoms with van der Waals surface area (Å²) in [7, 11) is 0. The van der Waals surface area contributed by atoms with Crippen molar-refractivity contribution in [2.75, 3.05) is 5.32 Å². The van der Waals surface area contributed by atoms with E-state index in [1.807, 2.05) is 0 Å². The fraction of sp³-hybridized carbons (Fsp3) is 0.0455. The van der Waals surface area contributed by atoms with Gasteiger partial charge in [-0.2, -0.15) is 0 Å². The number of ketones is 1. The first-order valence-electron chi connectivity index (χ1n) is 9.02. The van der Waals surface area contributed by atoms with Crippen LogP contribution in [0, 0.1) is 5.82 Å². The van der Waals surface area contributed by atoms with Crippen molar-refractivity contribution >= 4 is 57.7 Å². The van der Waals surface area contributed by atoms with Crippen LogP contribution in [0.15, 0.2) is 61.1 Å². The minimum Gasteiger partial charge on any atom is -0.320 e. The molecule has 5 nitrogen and oxygen atoms in total. The van der Waals surface area contributed by atoms with Gasteiger partial charge in [0.1, 0.15) is 5.82 Å². The van der Waals surface area contributed by atoms with Gasteiger partial charge >= 0.3 is 0 Å². The van der Waals surface area contributed by atoms with Crippen LogP contribution in [0.5, 0.6) is 0 Å². The van der Waals surface area contributed by atoms with E-state index >= 15 is 0 Å². The van der Waals surface area contributed by atoms with Crippen LogP contribution in [0.1, 0.15) is 21.6 Å². The van der Waals surface area contributed by atoms with Crippen LogP contribution in [0.25, 0.3) is 5.52 Å². The highest BCUT2D eigenvalue weighted by Crippen LogP contribution is 2.29. The number of anilines is 1. The van der Waals surface area contributed by atoms with Crippen LogP contribution < -0.4 is 5.32 Å². The zero-order chi connectivity index (χ0) is 22.1. The van der Waals surface area contributed by atoms with E-state index < -0.39 is 11.7 Å². The van der Waals surface area contributed by atoms with E-state index in [0.717, 1.165) is 11.3 Å². The maximum Gasteiger partial charge on any atom is 0.296 e. The fourth-order valence-electron chi connectivity index (χ4n) is 3.20. The number of aromatic nitrogens is 2. The summed E-state index contributed by atoms with van der Waals surface area (Å²) in [5.41, 5.74) is 2.31. The first-order valence-corrected chi connectivity index (χ1v) is 10.2. The molecule has 0 spiro atoms. The van der Waals surface area contributed by atoms with E-state index in [4.69, 9.17) is 34.8 Å². The first kappa shape index (κ1) is 21.3. The van der Waals surface area contributed by atoms with Crippen molar-refractivity contribution in [3.8, 4) is 0 Å². The Balaban J connectivity index is 1.71. The number of carbonyl (C=O) groups excluding carboxylic acids is 2. The van der Waals surface area contributed by atoms with E-state index in [0.29, 0.717) is 17.0 Å². The molecule has 9 heteroatoms. The highest BCUT2D eigenvalue weighted by Gasteiger charge is 2.24. The van der Waals surface area contributed by atoms with Gasteiger partial charge in [0.05, 0.1) is 26.8 Å². The van der Waals surface area contributed by atoms with E-state index in [-0.39, 0.29) is 27.1 Å². The molecule has 1 N–H and O–H groups in total. The molecule has 0 aliphatic heterocycles. The third-order valence-electron chi connectivity index (χ3n) is 4.65. The molecule has 0 aliphatic rings. The van der Waals surface area contributed by atoms with Crippen molar-refractivity contribution in [1.82, 2.24) is 9.38 Å². The van der Waals surface area contributed by atoms with E-state index in [1.54, 1.807) is 40.9 Å². The molecule has 0 aliphatic carbocycles. The molecule has 0 saturated carbocycles. The number of fused-ring (bicyclic) bond motifs is 1. The lowest BCUT2D eigenvalue weighted by Gasteiger charge is -2.07. The summed E-state index contributed by atoms with van der Waals surface area (Å²) in [5, 5.41) is 3.07. The molecule has 3 aromatic heterocycles. The molecule has 0 fully saturated rings. The second-order valence-corrected chi connectivity index (χ2v) is 7.97. The Bertz CT molecular complexity index is 1300. The molecule has 0 saturated heterocycles. The number of nitrogens with zero attached hydrogens (tertiary/aromatic N) is 2. The van der Waals surface area contributed by atoms with Gasteiger partial charge in [-0.1, -0.05) is 46.9 Å². The quantitative estimate of drug-likeness (QED) is 0.290. The number of benzene rings is 1.